The number of carbonyl (C=O) groups excluding carboxylic acids is 1. The van der Waals surface area contributed by atoms with Crippen LogP contribution in [0.1, 0.15) is 34.6 Å². The van der Waals surface area contributed by atoms with Crippen molar-refractivity contribution in [1.82, 2.24) is 0 Å². The van der Waals surface area contributed by atoms with Crippen molar-refractivity contribution in [2.45, 2.75) is 34.6 Å². The van der Waals surface area contributed by atoms with Gasteiger partial charge in [-0.15, -0.1) is 0 Å². The van der Waals surface area contributed by atoms with E-state index in [9.17, 15) is 4.79 Å². The molecule has 0 heterocycles. The van der Waals surface area contributed by atoms with Crippen LogP contribution in [-0.4, -0.2) is 25.0 Å². The van der Waals surface area contributed by atoms with Gasteiger partial charge < -0.3 is 5.11 Å². The van der Waals surface area contributed by atoms with Crippen LogP contribution >= 0.6 is 0 Å². The van der Waals surface area contributed by atoms with Crippen molar-refractivity contribution in [1.29, 1.82) is 0 Å². The van der Waals surface area contributed by atoms with E-state index in [1.807, 2.05) is 34.7 Å². The Hall–Kier alpha value is -1.39. The van der Waals surface area contributed by atoms with E-state index in [1.165, 1.54) is 19.1 Å². The van der Waals surface area contributed by atoms with E-state index >= 15 is 0 Å². The number of quaternary nitrogens is 1. The molecule has 0 unspecified atom stereocenters. The second-order valence-corrected chi connectivity index (χ2v) is 2.32. The van der Waals surface area contributed by atoms with Gasteiger partial charge in [0.25, 0.3) is 0 Å². The molecule has 0 aliphatic carbocycles. The molecule has 0 saturated carbocycles. The first-order chi connectivity index (χ1) is 8.49. The molecule has 0 radical (unpaired) electrons. The summed E-state index contributed by atoms with van der Waals surface area (Å²) in [7, 11) is 3.46. The van der Waals surface area contributed by atoms with Crippen molar-refractivity contribution < 1.29 is 20.2 Å². The monoisotopic (exact) mass is 260 g/mol. The van der Waals surface area contributed by atoms with Crippen LogP contribution in [0.5, 0.6) is 0 Å². The topological polar surface area (TPSA) is 63.1 Å². The number of aliphatic hydroxyl groups excluding tert-OH is 1. The average Bonchev–Trinajstić information content (AvgIpc) is 2.40. The van der Waals surface area contributed by atoms with Gasteiger partial charge in [0, 0.05) is 5.57 Å². The summed E-state index contributed by atoms with van der Waals surface area (Å²) >= 11 is 0. The SMILES string of the molecule is C=C/C(=C\C(=C)O)C(C)=O.CC.CC.C[NH2+]OC. The lowest BCUT2D eigenvalue weighted by Gasteiger charge is -1.92. The number of ketones is 1. The molecule has 4 heteroatoms. The summed E-state index contributed by atoms with van der Waals surface area (Å²) in [6, 6.07) is 0. The van der Waals surface area contributed by atoms with E-state index in [0.29, 0.717) is 5.57 Å². The van der Waals surface area contributed by atoms with Gasteiger partial charge in [-0.05, 0) is 13.0 Å². The molecule has 0 aliphatic rings. The number of hydroxylamine groups is 1. The summed E-state index contributed by atoms with van der Waals surface area (Å²) < 4.78 is 0. The quantitative estimate of drug-likeness (QED) is 0.353. The summed E-state index contributed by atoms with van der Waals surface area (Å²) in [6.45, 7) is 16.0. The molecule has 4 nitrogen and oxygen atoms in total. The molecule has 3 N–H and O–H groups in total. The van der Waals surface area contributed by atoms with Crippen molar-refractivity contribution in [2.75, 3.05) is 14.2 Å². The fourth-order valence-electron chi connectivity index (χ4n) is 0.484. The van der Waals surface area contributed by atoms with E-state index in [0.717, 1.165) is 0 Å². The number of hydrogen-bond acceptors (Lipinski definition) is 3. The highest BCUT2D eigenvalue weighted by Gasteiger charge is 1.96. The van der Waals surface area contributed by atoms with Crippen molar-refractivity contribution in [3.8, 4) is 0 Å². The zero-order valence-corrected chi connectivity index (χ0v) is 12.9. The first kappa shape index (κ1) is 25.5. The lowest BCUT2D eigenvalue weighted by molar-refractivity contribution is -0.871. The smallest absolute Gasteiger partial charge is 0.159 e. The number of aliphatic hydroxyl groups is 1. The lowest BCUT2D eigenvalue weighted by Crippen LogP contribution is -2.77. The molecule has 0 aliphatic heterocycles. The van der Waals surface area contributed by atoms with E-state index in [1.54, 1.807) is 12.6 Å². The molecule has 0 aromatic rings. The standard InChI is InChI=1S/C8H10O2.C2H7NO.2C2H6/c1-4-8(7(3)10)5-6(2)9;1-3-4-2;2*1-2/h4-5,9H,1-2H2,3H3;3H,1-2H3;2*1-2H3/p+1/b8-5+;;;. The van der Waals surface area contributed by atoms with E-state index in [2.05, 4.69) is 18.0 Å². The zero-order chi connectivity index (χ0) is 15.6. The highest BCUT2D eigenvalue weighted by molar-refractivity contribution is 5.96. The minimum atomic E-state index is -0.134. The van der Waals surface area contributed by atoms with Gasteiger partial charge >= 0.3 is 0 Å². The highest BCUT2D eigenvalue weighted by atomic mass is 16.6. The summed E-state index contributed by atoms with van der Waals surface area (Å²) in [5.41, 5.74) is 1.99. The maximum absolute atomic E-state index is 10.6. The first-order valence-corrected chi connectivity index (χ1v) is 6.03. The molecule has 18 heavy (non-hydrogen) atoms. The largest absolute Gasteiger partial charge is 0.509 e. The number of rotatable bonds is 4. The molecule has 0 aromatic carbocycles. The molecule has 0 aromatic heterocycles. The van der Waals surface area contributed by atoms with Crippen molar-refractivity contribution in [2.24, 2.45) is 0 Å². The van der Waals surface area contributed by atoms with Crippen LogP contribution in [-0.2, 0) is 9.63 Å². The Balaban J connectivity index is -0.000000102. The van der Waals surface area contributed by atoms with Crippen LogP contribution < -0.4 is 5.48 Å². The Morgan fingerprint density at radius 1 is 1.28 bits per heavy atom. The average molecular weight is 260 g/mol. The van der Waals surface area contributed by atoms with E-state index in [-0.39, 0.29) is 11.5 Å². The Morgan fingerprint density at radius 2 is 1.61 bits per heavy atom. The second-order valence-electron chi connectivity index (χ2n) is 2.32. The van der Waals surface area contributed by atoms with Gasteiger partial charge in [0.1, 0.15) is 5.76 Å². The summed E-state index contributed by atoms with van der Waals surface area (Å²) in [5, 5.41) is 8.63. The van der Waals surface area contributed by atoms with E-state index in [4.69, 9.17) is 5.11 Å². The zero-order valence-electron chi connectivity index (χ0n) is 12.9. The third-order valence-electron chi connectivity index (χ3n) is 1.18. The van der Waals surface area contributed by atoms with Crippen molar-refractivity contribution >= 4 is 5.78 Å². The van der Waals surface area contributed by atoms with Gasteiger partial charge in [0.2, 0.25) is 0 Å². The third kappa shape index (κ3) is 29.3. The Kier molecular flexibility index (Phi) is 35.0. The van der Waals surface area contributed by atoms with Gasteiger partial charge in [-0.25, -0.2) is 10.3 Å². The van der Waals surface area contributed by atoms with Crippen LogP contribution in [0.25, 0.3) is 0 Å². The minimum absolute atomic E-state index is 0.134. The maximum atomic E-state index is 10.6. The number of allylic oxidation sites excluding steroid dienone is 3. The molecular formula is C14H30NO3+. The number of nitrogens with two attached hydrogens (primary N) is 1. The van der Waals surface area contributed by atoms with Crippen LogP contribution in [0, 0.1) is 0 Å². The van der Waals surface area contributed by atoms with Crippen LogP contribution in [0.15, 0.2) is 36.6 Å². The number of carbonyl (C=O) groups is 1. The van der Waals surface area contributed by atoms with E-state index < -0.39 is 0 Å². The molecule has 0 amide bonds. The van der Waals surface area contributed by atoms with Gasteiger partial charge in [0.05, 0.1) is 14.2 Å². The third-order valence-corrected chi connectivity index (χ3v) is 1.18. The first-order valence-electron chi connectivity index (χ1n) is 6.03. The fourth-order valence-corrected chi connectivity index (χ4v) is 0.484. The molecule has 0 atom stereocenters. The Bertz CT molecular complexity index is 231. The molecule has 0 spiro atoms. The molecule has 0 saturated heterocycles. The Labute approximate surface area is 112 Å². The molecule has 0 bridgehead atoms. The van der Waals surface area contributed by atoms with Crippen molar-refractivity contribution in [3.05, 3.63) is 36.6 Å². The van der Waals surface area contributed by atoms with Gasteiger partial charge in [0.15, 0.2) is 5.78 Å². The molecular weight excluding hydrogens is 230 g/mol. The normalized spacial score (nSPS) is 8.28. The maximum Gasteiger partial charge on any atom is 0.159 e. The van der Waals surface area contributed by atoms with Crippen LogP contribution in [0.2, 0.25) is 0 Å². The summed E-state index contributed by atoms with van der Waals surface area (Å²) in [5.74, 6) is -0.268. The lowest BCUT2D eigenvalue weighted by atomic mass is 10.1. The predicted molar refractivity (Wildman–Crippen MR) is 78.3 cm³/mol. The number of Topliss-reactive ketones (excluding diaryl/α,β-unsaturated/α-hetero) is 1. The molecule has 0 rings (SSSR count). The fraction of sp³-hybridized carbons (Fsp3) is 0.500. The summed E-state index contributed by atoms with van der Waals surface area (Å²) in [4.78, 5) is 15.0. The van der Waals surface area contributed by atoms with Gasteiger partial charge in [-0.2, -0.15) is 0 Å². The van der Waals surface area contributed by atoms with Gasteiger partial charge in [-0.1, -0.05) is 46.9 Å². The number of hydrogen-bond donors (Lipinski definition) is 2. The van der Waals surface area contributed by atoms with Crippen LogP contribution in [0.3, 0.4) is 0 Å². The van der Waals surface area contributed by atoms with Crippen LogP contribution in [0.4, 0.5) is 0 Å². The minimum Gasteiger partial charge on any atom is -0.509 e. The second kappa shape index (κ2) is 24.7. The predicted octanol–water partition coefficient (Wildman–Crippen LogP) is 2.55. The van der Waals surface area contributed by atoms with Gasteiger partial charge in [-0.3, -0.25) is 4.79 Å². The summed E-state index contributed by atoms with van der Waals surface area (Å²) in [6.07, 6.45) is 2.65. The van der Waals surface area contributed by atoms with Crippen molar-refractivity contribution in [3.63, 3.8) is 0 Å². The highest BCUT2D eigenvalue weighted by Crippen LogP contribution is 2.00. The molecule has 108 valence electrons. The molecule has 0 fully saturated rings. The Morgan fingerprint density at radius 3 is 1.67 bits per heavy atom.